The highest BCUT2D eigenvalue weighted by Gasteiger charge is 2.25. The lowest BCUT2D eigenvalue weighted by molar-refractivity contribution is -0.129. The lowest BCUT2D eigenvalue weighted by atomic mass is 10.2. The van der Waals surface area contributed by atoms with Gasteiger partial charge in [0.15, 0.2) is 0 Å². The molecule has 0 radical (unpaired) electrons. The minimum atomic E-state index is -3.55. The van der Waals surface area contributed by atoms with Crippen LogP contribution in [-0.2, 0) is 14.8 Å². The average molecular weight is 359 g/mol. The Kier molecular flexibility index (Phi) is 5.92. The number of aryl methyl sites for hydroxylation is 1. The summed E-state index contributed by atoms with van der Waals surface area (Å²) in [6, 6.07) is 4.98. The topological polar surface area (TPSA) is 57.7 Å². The molecule has 7 heteroatoms. The molecule has 0 atom stereocenters. The number of hydrogen-bond acceptors (Lipinski definition) is 3. The summed E-state index contributed by atoms with van der Waals surface area (Å²) in [5.74, 6) is -0.147. The third-order valence-corrected chi connectivity index (χ3v) is 5.43. The molecule has 5 nitrogen and oxygen atoms in total. The molecule has 23 heavy (non-hydrogen) atoms. The molecule has 0 saturated carbocycles. The maximum atomic E-state index is 12.6. The molecule has 0 aliphatic carbocycles. The Morgan fingerprint density at radius 1 is 1.22 bits per heavy atom. The molecule has 1 amide bonds. The van der Waals surface area contributed by atoms with Crippen LogP contribution in [0.1, 0.15) is 31.2 Å². The van der Waals surface area contributed by atoms with Crippen LogP contribution in [0.4, 0.5) is 5.69 Å². The SMILES string of the molecule is Cc1cc(Cl)ccc1N(CC(=O)N1CCCCCC1)S(C)(=O)=O. The predicted octanol–water partition coefficient (Wildman–Crippen LogP) is 2.82. The number of likely N-dealkylation sites (tertiary alicyclic amines) is 1. The Morgan fingerprint density at radius 3 is 2.35 bits per heavy atom. The van der Waals surface area contributed by atoms with Crippen LogP contribution in [0.3, 0.4) is 0 Å². The first-order valence-corrected chi connectivity index (χ1v) is 10.0. The Bertz CT molecular complexity index is 668. The summed E-state index contributed by atoms with van der Waals surface area (Å²) >= 11 is 5.94. The van der Waals surface area contributed by atoms with E-state index in [0.717, 1.165) is 37.5 Å². The van der Waals surface area contributed by atoms with Crippen molar-refractivity contribution in [3.05, 3.63) is 28.8 Å². The van der Waals surface area contributed by atoms with Crippen molar-refractivity contribution in [1.82, 2.24) is 4.90 Å². The lowest BCUT2D eigenvalue weighted by Gasteiger charge is -2.27. The second-order valence-electron chi connectivity index (χ2n) is 6.00. The number of amides is 1. The van der Waals surface area contributed by atoms with E-state index in [1.807, 2.05) is 0 Å². The van der Waals surface area contributed by atoms with Gasteiger partial charge in [-0.25, -0.2) is 8.42 Å². The van der Waals surface area contributed by atoms with Crippen molar-refractivity contribution < 1.29 is 13.2 Å². The summed E-state index contributed by atoms with van der Waals surface area (Å²) in [4.78, 5) is 14.3. The zero-order valence-corrected chi connectivity index (χ0v) is 15.2. The van der Waals surface area contributed by atoms with Gasteiger partial charge in [0.25, 0.3) is 0 Å². The van der Waals surface area contributed by atoms with Crippen LogP contribution in [0.2, 0.25) is 5.02 Å². The average Bonchev–Trinajstić information content (AvgIpc) is 2.73. The van der Waals surface area contributed by atoms with Crippen LogP contribution in [-0.4, -0.2) is 45.1 Å². The largest absolute Gasteiger partial charge is 0.341 e. The highest BCUT2D eigenvalue weighted by atomic mass is 35.5. The fourth-order valence-corrected chi connectivity index (χ4v) is 3.96. The smallest absolute Gasteiger partial charge is 0.243 e. The standard InChI is InChI=1S/C16H23ClN2O3S/c1-13-11-14(17)7-8-15(13)19(23(2,21)22)12-16(20)18-9-5-3-4-6-10-18/h7-8,11H,3-6,9-10,12H2,1-2H3. The predicted molar refractivity (Wildman–Crippen MR) is 93.4 cm³/mol. The van der Waals surface area contributed by atoms with Crippen molar-refractivity contribution in [2.45, 2.75) is 32.6 Å². The summed E-state index contributed by atoms with van der Waals surface area (Å²) in [5.41, 5.74) is 1.23. The molecule has 128 valence electrons. The summed E-state index contributed by atoms with van der Waals surface area (Å²) in [7, 11) is -3.55. The van der Waals surface area contributed by atoms with Gasteiger partial charge >= 0.3 is 0 Å². The van der Waals surface area contributed by atoms with E-state index in [4.69, 9.17) is 11.6 Å². The van der Waals surface area contributed by atoms with Gasteiger partial charge in [-0.3, -0.25) is 9.10 Å². The van der Waals surface area contributed by atoms with E-state index >= 15 is 0 Å². The molecule has 0 spiro atoms. The molecule has 1 aromatic carbocycles. The lowest BCUT2D eigenvalue weighted by Crippen LogP contribution is -2.43. The number of nitrogens with zero attached hydrogens (tertiary/aromatic N) is 2. The molecule has 0 bridgehead atoms. The molecule has 1 saturated heterocycles. The summed E-state index contributed by atoms with van der Waals surface area (Å²) in [6.45, 7) is 3.03. The quantitative estimate of drug-likeness (QED) is 0.831. The molecule has 1 fully saturated rings. The number of sulfonamides is 1. The number of carbonyl (C=O) groups is 1. The van der Waals surface area contributed by atoms with Crippen LogP contribution in [0, 0.1) is 6.92 Å². The van der Waals surface area contributed by atoms with E-state index in [2.05, 4.69) is 0 Å². The van der Waals surface area contributed by atoms with Gasteiger partial charge in [0.1, 0.15) is 6.54 Å². The first kappa shape index (κ1) is 18.1. The van der Waals surface area contributed by atoms with Gasteiger partial charge in [0.2, 0.25) is 15.9 Å². The normalized spacial score (nSPS) is 16.0. The summed E-state index contributed by atoms with van der Waals surface area (Å²) in [6.07, 6.45) is 5.32. The Labute approximate surface area is 143 Å². The van der Waals surface area contributed by atoms with Gasteiger partial charge < -0.3 is 4.90 Å². The van der Waals surface area contributed by atoms with Crippen molar-refractivity contribution in [3.8, 4) is 0 Å². The van der Waals surface area contributed by atoms with Gasteiger partial charge in [0, 0.05) is 18.1 Å². The van der Waals surface area contributed by atoms with Crippen molar-refractivity contribution >= 4 is 33.2 Å². The molecule has 1 heterocycles. The Hall–Kier alpha value is -1.27. The van der Waals surface area contributed by atoms with Crippen LogP contribution < -0.4 is 4.31 Å². The van der Waals surface area contributed by atoms with E-state index in [1.54, 1.807) is 30.0 Å². The van der Waals surface area contributed by atoms with Crippen LogP contribution in [0.15, 0.2) is 18.2 Å². The molecular formula is C16H23ClN2O3S. The Balaban J connectivity index is 2.24. The molecule has 1 aliphatic rings. The minimum absolute atomic E-state index is 0.147. The molecule has 0 unspecified atom stereocenters. The van der Waals surface area contributed by atoms with Gasteiger partial charge in [-0.05, 0) is 43.5 Å². The molecule has 0 N–H and O–H groups in total. The van der Waals surface area contributed by atoms with Crippen molar-refractivity contribution in [2.75, 3.05) is 30.2 Å². The van der Waals surface area contributed by atoms with Gasteiger partial charge in [-0.1, -0.05) is 24.4 Å². The van der Waals surface area contributed by atoms with Gasteiger partial charge in [-0.15, -0.1) is 0 Å². The zero-order valence-electron chi connectivity index (χ0n) is 13.6. The van der Waals surface area contributed by atoms with E-state index in [0.29, 0.717) is 23.8 Å². The molecular weight excluding hydrogens is 336 g/mol. The third-order valence-electron chi connectivity index (χ3n) is 4.07. The molecule has 1 aliphatic heterocycles. The number of anilines is 1. The molecule has 1 aromatic rings. The van der Waals surface area contributed by atoms with Crippen LogP contribution in [0.5, 0.6) is 0 Å². The number of hydrogen-bond donors (Lipinski definition) is 0. The Morgan fingerprint density at radius 2 is 1.83 bits per heavy atom. The highest BCUT2D eigenvalue weighted by Crippen LogP contribution is 2.25. The second-order valence-corrected chi connectivity index (χ2v) is 8.34. The van der Waals surface area contributed by atoms with E-state index < -0.39 is 10.0 Å². The van der Waals surface area contributed by atoms with Crippen molar-refractivity contribution in [1.29, 1.82) is 0 Å². The minimum Gasteiger partial charge on any atom is -0.341 e. The maximum Gasteiger partial charge on any atom is 0.243 e. The molecule has 2 rings (SSSR count). The van der Waals surface area contributed by atoms with Gasteiger partial charge in [-0.2, -0.15) is 0 Å². The van der Waals surface area contributed by atoms with Crippen molar-refractivity contribution in [3.63, 3.8) is 0 Å². The third kappa shape index (κ3) is 4.85. The van der Waals surface area contributed by atoms with Crippen LogP contribution >= 0.6 is 11.6 Å². The maximum absolute atomic E-state index is 12.6. The number of benzene rings is 1. The highest BCUT2D eigenvalue weighted by molar-refractivity contribution is 7.92. The summed E-state index contributed by atoms with van der Waals surface area (Å²) < 4.78 is 25.5. The second kappa shape index (κ2) is 7.53. The van der Waals surface area contributed by atoms with E-state index in [-0.39, 0.29) is 12.5 Å². The number of halogens is 1. The van der Waals surface area contributed by atoms with Crippen molar-refractivity contribution in [2.24, 2.45) is 0 Å². The van der Waals surface area contributed by atoms with Gasteiger partial charge in [0.05, 0.1) is 11.9 Å². The first-order valence-electron chi connectivity index (χ1n) is 7.80. The molecule has 0 aromatic heterocycles. The number of rotatable bonds is 4. The number of carbonyl (C=O) groups excluding carboxylic acids is 1. The van der Waals surface area contributed by atoms with Crippen LogP contribution in [0.25, 0.3) is 0 Å². The van der Waals surface area contributed by atoms with E-state index in [9.17, 15) is 13.2 Å². The first-order chi connectivity index (χ1) is 10.8. The fraction of sp³-hybridized carbons (Fsp3) is 0.562. The summed E-state index contributed by atoms with van der Waals surface area (Å²) in [5, 5.41) is 0.540. The zero-order chi connectivity index (χ0) is 17.0. The van der Waals surface area contributed by atoms with E-state index in [1.165, 1.54) is 4.31 Å². The monoisotopic (exact) mass is 358 g/mol. The fourth-order valence-electron chi connectivity index (χ4n) is 2.82.